The van der Waals surface area contributed by atoms with Crippen LogP contribution < -0.4 is 15.4 Å². The van der Waals surface area contributed by atoms with Gasteiger partial charge in [0.05, 0.1) is 11.3 Å². The van der Waals surface area contributed by atoms with Gasteiger partial charge >= 0.3 is 0 Å². The summed E-state index contributed by atoms with van der Waals surface area (Å²) in [7, 11) is -3.34. The summed E-state index contributed by atoms with van der Waals surface area (Å²) in [6.07, 6.45) is 1.59. The van der Waals surface area contributed by atoms with Crippen molar-refractivity contribution in [3.63, 3.8) is 0 Å². The molecule has 1 rings (SSSR count). The second-order valence-corrected chi connectivity index (χ2v) is 6.99. The Morgan fingerprint density at radius 2 is 2.05 bits per heavy atom. The maximum atomic E-state index is 12.1. The minimum Gasteiger partial charge on any atom is -0.370 e. The van der Waals surface area contributed by atoms with Crippen LogP contribution in [0.15, 0.2) is 16.7 Å². The molecular formula is C12H19BrN4O3S. The molecular weight excluding hydrogens is 360 g/mol. The SMILES string of the molecule is CCNc1ncc(Br)cc1C(=O)NCCS(=O)(=O)NCC. The molecule has 1 amide bonds. The van der Waals surface area contributed by atoms with Gasteiger partial charge in [-0.25, -0.2) is 18.1 Å². The fourth-order valence-corrected chi connectivity index (χ4v) is 2.89. The van der Waals surface area contributed by atoms with Gasteiger partial charge in [-0.3, -0.25) is 4.79 Å². The van der Waals surface area contributed by atoms with Crippen LogP contribution in [0.1, 0.15) is 24.2 Å². The third-order valence-electron chi connectivity index (χ3n) is 2.46. The Bertz CT molecular complexity index is 592. The van der Waals surface area contributed by atoms with Gasteiger partial charge in [0.15, 0.2) is 0 Å². The number of sulfonamides is 1. The highest BCUT2D eigenvalue weighted by Gasteiger charge is 2.14. The van der Waals surface area contributed by atoms with Gasteiger partial charge in [-0.15, -0.1) is 0 Å². The number of rotatable bonds is 8. The molecule has 1 heterocycles. The number of nitrogens with one attached hydrogen (secondary N) is 3. The van der Waals surface area contributed by atoms with E-state index in [1.54, 1.807) is 19.2 Å². The number of carbonyl (C=O) groups is 1. The molecule has 3 N–H and O–H groups in total. The summed E-state index contributed by atoms with van der Waals surface area (Å²) < 4.78 is 26.0. The lowest BCUT2D eigenvalue weighted by atomic mass is 10.2. The molecule has 0 aliphatic heterocycles. The lowest BCUT2D eigenvalue weighted by molar-refractivity contribution is 0.0956. The van der Waals surface area contributed by atoms with Crippen LogP contribution in [0.25, 0.3) is 0 Å². The predicted octanol–water partition coefficient (Wildman–Crippen LogP) is 0.945. The van der Waals surface area contributed by atoms with Crippen LogP contribution in [0.3, 0.4) is 0 Å². The summed E-state index contributed by atoms with van der Waals surface area (Å²) >= 11 is 3.26. The number of anilines is 1. The van der Waals surface area contributed by atoms with Crippen molar-refractivity contribution in [2.45, 2.75) is 13.8 Å². The minimum absolute atomic E-state index is 0.0340. The van der Waals surface area contributed by atoms with Crippen molar-refractivity contribution in [3.05, 3.63) is 22.3 Å². The normalized spacial score (nSPS) is 11.2. The number of nitrogens with zero attached hydrogens (tertiary/aromatic N) is 1. The van der Waals surface area contributed by atoms with E-state index in [2.05, 4.69) is 36.3 Å². The molecule has 0 aromatic carbocycles. The standard InChI is InChI=1S/C12H19BrN4O3S/c1-3-14-11-10(7-9(13)8-16-11)12(18)15-5-6-21(19,20)17-4-2/h7-8,17H,3-6H2,1-2H3,(H,14,16)(H,15,18). The Morgan fingerprint density at radius 3 is 2.67 bits per heavy atom. The predicted molar refractivity (Wildman–Crippen MR) is 85.9 cm³/mol. The third-order valence-corrected chi connectivity index (χ3v) is 4.37. The number of halogens is 1. The topological polar surface area (TPSA) is 100 Å². The van der Waals surface area contributed by atoms with Gasteiger partial charge in [0.1, 0.15) is 5.82 Å². The first kappa shape index (κ1) is 17.9. The van der Waals surface area contributed by atoms with Gasteiger partial charge in [-0.05, 0) is 28.9 Å². The zero-order chi connectivity index (χ0) is 15.9. The molecule has 0 atom stereocenters. The van der Waals surface area contributed by atoms with Gasteiger partial charge in [0.25, 0.3) is 5.91 Å². The molecule has 118 valence electrons. The van der Waals surface area contributed by atoms with Gasteiger partial charge in [0.2, 0.25) is 10.0 Å². The Labute approximate surface area is 133 Å². The molecule has 0 spiro atoms. The summed E-state index contributed by atoms with van der Waals surface area (Å²) in [6, 6.07) is 1.64. The van der Waals surface area contributed by atoms with Gasteiger partial charge in [-0.1, -0.05) is 6.92 Å². The Kier molecular flexibility index (Phi) is 7.06. The van der Waals surface area contributed by atoms with Crippen LogP contribution in [-0.4, -0.2) is 44.7 Å². The third kappa shape index (κ3) is 5.98. The van der Waals surface area contributed by atoms with E-state index in [-0.39, 0.29) is 18.2 Å². The number of pyridine rings is 1. The van der Waals surface area contributed by atoms with Crippen molar-refractivity contribution in [1.29, 1.82) is 0 Å². The van der Waals surface area contributed by atoms with E-state index < -0.39 is 10.0 Å². The quantitative estimate of drug-likeness (QED) is 0.624. The van der Waals surface area contributed by atoms with Crippen LogP contribution in [0.5, 0.6) is 0 Å². The molecule has 21 heavy (non-hydrogen) atoms. The van der Waals surface area contributed by atoms with Gasteiger partial charge in [0, 0.05) is 30.3 Å². The van der Waals surface area contributed by atoms with Crippen molar-refractivity contribution in [2.75, 3.05) is 30.7 Å². The van der Waals surface area contributed by atoms with E-state index in [1.165, 1.54) is 0 Å². The maximum Gasteiger partial charge on any atom is 0.255 e. The molecule has 0 aliphatic rings. The fourth-order valence-electron chi connectivity index (χ4n) is 1.61. The summed E-state index contributed by atoms with van der Waals surface area (Å²) in [5.41, 5.74) is 0.368. The van der Waals surface area contributed by atoms with Crippen molar-refractivity contribution in [1.82, 2.24) is 15.0 Å². The first-order valence-corrected chi connectivity index (χ1v) is 8.99. The molecule has 9 heteroatoms. The van der Waals surface area contributed by atoms with Crippen molar-refractivity contribution in [2.24, 2.45) is 0 Å². The molecule has 0 saturated carbocycles. The van der Waals surface area contributed by atoms with E-state index in [4.69, 9.17) is 0 Å². The van der Waals surface area contributed by atoms with Crippen molar-refractivity contribution in [3.8, 4) is 0 Å². The van der Waals surface area contributed by atoms with Gasteiger partial charge < -0.3 is 10.6 Å². The van der Waals surface area contributed by atoms with E-state index in [1.807, 2.05) is 6.92 Å². The highest BCUT2D eigenvalue weighted by Crippen LogP contribution is 2.17. The van der Waals surface area contributed by atoms with Crippen LogP contribution in [-0.2, 0) is 10.0 Å². The minimum atomic E-state index is -3.34. The molecule has 7 nitrogen and oxygen atoms in total. The fraction of sp³-hybridized carbons (Fsp3) is 0.500. The monoisotopic (exact) mass is 378 g/mol. The Morgan fingerprint density at radius 1 is 1.33 bits per heavy atom. The van der Waals surface area contributed by atoms with Crippen LogP contribution in [0.2, 0.25) is 0 Å². The first-order chi connectivity index (χ1) is 9.89. The largest absolute Gasteiger partial charge is 0.370 e. The van der Waals surface area contributed by atoms with E-state index in [0.717, 1.165) is 0 Å². The lowest BCUT2D eigenvalue weighted by Crippen LogP contribution is -2.34. The summed E-state index contributed by atoms with van der Waals surface area (Å²) in [5.74, 6) is -0.0657. The van der Waals surface area contributed by atoms with Crippen LogP contribution in [0.4, 0.5) is 5.82 Å². The number of amides is 1. The maximum absolute atomic E-state index is 12.1. The number of carbonyl (C=O) groups excluding carboxylic acids is 1. The number of hydrogen-bond donors (Lipinski definition) is 3. The van der Waals surface area contributed by atoms with Crippen LogP contribution in [0, 0.1) is 0 Å². The molecule has 1 aromatic rings. The van der Waals surface area contributed by atoms with Crippen LogP contribution >= 0.6 is 15.9 Å². The molecule has 0 fully saturated rings. The Hall–Kier alpha value is -1.19. The zero-order valence-electron chi connectivity index (χ0n) is 11.9. The number of aromatic nitrogens is 1. The highest BCUT2D eigenvalue weighted by atomic mass is 79.9. The zero-order valence-corrected chi connectivity index (χ0v) is 14.3. The number of hydrogen-bond acceptors (Lipinski definition) is 5. The van der Waals surface area contributed by atoms with E-state index >= 15 is 0 Å². The smallest absolute Gasteiger partial charge is 0.255 e. The van der Waals surface area contributed by atoms with E-state index in [0.29, 0.717) is 28.9 Å². The van der Waals surface area contributed by atoms with Gasteiger partial charge in [-0.2, -0.15) is 0 Å². The molecule has 0 radical (unpaired) electrons. The summed E-state index contributed by atoms with van der Waals surface area (Å²) in [4.78, 5) is 16.2. The second kappa shape index (κ2) is 8.30. The van der Waals surface area contributed by atoms with Crippen molar-refractivity contribution >= 4 is 37.7 Å². The highest BCUT2D eigenvalue weighted by molar-refractivity contribution is 9.10. The first-order valence-electron chi connectivity index (χ1n) is 6.54. The summed E-state index contributed by atoms with van der Waals surface area (Å²) in [6.45, 7) is 4.59. The second-order valence-electron chi connectivity index (χ2n) is 4.15. The van der Waals surface area contributed by atoms with E-state index in [9.17, 15) is 13.2 Å². The average molecular weight is 379 g/mol. The lowest BCUT2D eigenvalue weighted by Gasteiger charge is -2.11. The molecule has 0 bridgehead atoms. The molecule has 0 aliphatic carbocycles. The molecule has 0 unspecified atom stereocenters. The summed E-state index contributed by atoms with van der Waals surface area (Å²) in [5, 5.41) is 5.57. The molecule has 0 saturated heterocycles. The molecule has 1 aromatic heterocycles. The Balaban J connectivity index is 2.69. The average Bonchev–Trinajstić information content (AvgIpc) is 2.40. The van der Waals surface area contributed by atoms with Crippen molar-refractivity contribution < 1.29 is 13.2 Å².